The Balaban J connectivity index is 1.72. The van der Waals surface area contributed by atoms with Crippen LogP contribution in [0.5, 0.6) is 11.5 Å². The number of thioether (sulfide) groups is 1. The molecule has 7 heteroatoms. The summed E-state index contributed by atoms with van der Waals surface area (Å²) in [6, 6.07) is 10.8. The number of halogens is 2. The number of hydrogen-bond acceptors (Lipinski definition) is 4. The Labute approximate surface area is 162 Å². The largest absolute Gasteiger partial charge is 0.494 e. The molecule has 0 spiro atoms. The van der Waals surface area contributed by atoms with Crippen molar-refractivity contribution in [1.29, 1.82) is 0 Å². The van der Waals surface area contributed by atoms with Crippen molar-refractivity contribution >= 4 is 23.4 Å². The Morgan fingerprint density at radius 3 is 2.15 bits per heavy atom. The molecule has 2 rings (SSSR count). The van der Waals surface area contributed by atoms with Crippen molar-refractivity contribution in [3.8, 4) is 11.5 Å². The molecule has 2 aromatic carbocycles. The monoisotopic (exact) mass is 395 g/mol. The molecule has 0 radical (unpaired) electrons. The Bertz CT molecular complexity index is 720. The molecule has 1 amide bonds. The smallest absolute Gasteiger partial charge is 0.237 e. The van der Waals surface area contributed by atoms with Gasteiger partial charge in [0, 0.05) is 5.75 Å². The molecule has 1 atom stereocenters. The molecule has 0 aliphatic rings. The first-order valence-electron chi connectivity index (χ1n) is 8.73. The standard InChI is InChI=1S/C20H23F2NO3S/c1-3-11-25-15-7-9-16(10-8-15)26-12-13-27-14(2)20(24)23-19-17(21)5-4-6-18(19)22/h4-10,14H,3,11-13H2,1-2H3,(H,23,24). The fraction of sp³-hybridized carbons (Fsp3) is 0.350. The fourth-order valence-corrected chi connectivity index (χ4v) is 2.90. The third-order valence-corrected chi connectivity index (χ3v) is 4.71. The number of para-hydroxylation sites is 1. The van der Waals surface area contributed by atoms with Gasteiger partial charge in [0.1, 0.15) is 28.8 Å². The minimum atomic E-state index is -0.796. The average Bonchev–Trinajstić information content (AvgIpc) is 2.67. The van der Waals surface area contributed by atoms with E-state index in [0.717, 1.165) is 24.3 Å². The zero-order valence-corrected chi connectivity index (χ0v) is 16.2. The van der Waals surface area contributed by atoms with Gasteiger partial charge in [-0.1, -0.05) is 13.0 Å². The maximum Gasteiger partial charge on any atom is 0.237 e. The lowest BCUT2D eigenvalue weighted by Gasteiger charge is -2.13. The van der Waals surface area contributed by atoms with Crippen LogP contribution in [0.1, 0.15) is 20.3 Å². The van der Waals surface area contributed by atoms with Crippen molar-refractivity contribution in [2.45, 2.75) is 25.5 Å². The summed E-state index contributed by atoms with van der Waals surface area (Å²) in [7, 11) is 0. The number of anilines is 1. The van der Waals surface area contributed by atoms with E-state index in [1.54, 1.807) is 6.92 Å². The Hall–Kier alpha value is -2.28. The topological polar surface area (TPSA) is 47.6 Å². The minimum absolute atomic E-state index is 0.408. The molecule has 27 heavy (non-hydrogen) atoms. The van der Waals surface area contributed by atoms with Crippen molar-refractivity contribution in [3.05, 3.63) is 54.1 Å². The van der Waals surface area contributed by atoms with E-state index in [4.69, 9.17) is 9.47 Å². The van der Waals surface area contributed by atoms with Gasteiger partial charge in [-0.15, -0.1) is 11.8 Å². The van der Waals surface area contributed by atoms with E-state index < -0.39 is 28.5 Å². The molecule has 0 bridgehead atoms. The zero-order valence-electron chi connectivity index (χ0n) is 15.3. The second-order valence-corrected chi connectivity index (χ2v) is 7.22. The number of nitrogens with one attached hydrogen (secondary N) is 1. The van der Waals surface area contributed by atoms with Crippen molar-refractivity contribution in [3.63, 3.8) is 0 Å². The highest BCUT2D eigenvalue weighted by Crippen LogP contribution is 2.21. The van der Waals surface area contributed by atoms with Crippen LogP contribution in [0.25, 0.3) is 0 Å². The van der Waals surface area contributed by atoms with Gasteiger partial charge in [0.2, 0.25) is 5.91 Å². The molecular formula is C20H23F2NO3S. The van der Waals surface area contributed by atoms with E-state index in [1.165, 1.54) is 17.8 Å². The van der Waals surface area contributed by atoms with Crippen LogP contribution >= 0.6 is 11.8 Å². The summed E-state index contributed by atoms with van der Waals surface area (Å²) >= 11 is 1.34. The van der Waals surface area contributed by atoms with Gasteiger partial charge in [-0.05, 0) is 49.7 Å². The molecule has 0 aromatic heterocycles. The third-order valence-electron chi connectivity index (χ3n) is 3.60. The molecule has 0 fully saturated rings. The van der Waals surface area contributed by atoms with Crippen molar-refractivity contribution in [1.82, 2.24) is 0 Å². The first kappa shape index (κ1) is 21.0. The first-order chi connectivity index (χ1) is 13.0. The van der Waals surface area contributed by atoms with E-state index >= 15 is 0 Å². The molecule has 2 aromatic rings. The van der Waals surface area contributed by atoms with Crippen LogP contribution in [0.4, 0.5) is 14.5 Å². The lowest BCUT2D eigenvalue weighted by atomic mass is 10.3. The van der Waals surface area contributed by atoms with E-state index in [0.29, 0.717) is 24.7 Å². The van der Waals surface area contributed by atoms with Gasteiger partial charge >= 0.3 is 0 Å². The van der Waals surface area contributed by atoms with E-state index in [2.05, 4.69) is 5.32 Å². The summed E-state index contributed by atoms with van der Waals surface area (Å²) in [5, 5.41) is 1.82. The van der Waals surface area contributed by atoms with E-state index in [9.17, 15) is 13.6 Å². The van der Waals surface area contributed by atoms with Gasteiger partial charge in [-0.25, -0.2) is 8.78 Å². The summed E-state index contributed by atoms with van der Waals surface area (Å²) in [5.41, 5.74) is -0.420. The normalized spacial score (nSPS) is 11.7. The quantitative estimate of drug-likeness (QED) is 0.582. The van der Waals surface area contributed by atoms with Crippen LogP contribution < -0.4 is 14.8 Å². The number of hydrogen-bond donors (Lipinski definition) is 1. The zero-order chi connectivity index (χ0) is 19.6. The van der Waals surface area contributed by atoms with E-state index in [-0.39, 0.29) is 0 Å². The Kier molecular flexibility index (Phi) is 8.39. The summed E-state index contributed by atoms with van der Waals surface area (Å²) in [5.74, 6) is 0.0174. The van der Waals surface area contributed by atoms with Crippen molar-refractivity contribution in [2.24, 2.45) is 0 Å². The van der Waals surface area contributed by atoms with Crippen LogP contribution in [-0.4, -0.2) is 30.1 Å². The van der Waals surface area contributed by atoms with Gasteiger partial charge in [-0.2, -0.15) is 0 Å². The summed E-state index contributed by atoms with van der Waals surface area (Å²) in [6.45, 7) is 4.81. The van der Waals surface area contributed by atoms with E-state index in [1.807, 2.05) is 31.2 Å². The van der Waals surface area contributed by atoms with Crippen LogP contribution in [-0.2, 0) is 4.79 Å². The van der Waals surface area contributed by atoms with Crippen LogP contribution in [0.15, 0.2) is 42.5 Å². The second-order valence-electron chi connectivity index (χ2n) is 5.77. The average molecular weight is 395 g/mol. The SMILES string of the molecule is CCCOc1ccc(OCCSC(C)C(=O)Nc2c(F)cccc2F)cc1. The maximum atomic E-state index is 13.6. The predicted molar refractivity (Wildman–Crippen MR) is 105 cm³/mol. The highest BCUT2D eigenvalue weighted by molar-refractivity contribution is 8.00. The van der Waals surface area contributed by atoms with Crippen molar-refractivity contribution in [2.75, 3.05) is 24.3 Å². The molecular weight excluding hydrogens is 372 g/mol. The fourth-order valence-electron chi connectivity index (χ4n) is 2.15. The lowest BCUT2D eigenvalue weighted by molar-refractivity contribution is -0.115. The van der Waals surface area contributed by atoms with Crippen LogP contribution in [0, 0.1) is 11.6 Å². The number of ether oxygens (including phenoxy) is 2. The molecule has 1 unspecified atom stereocenters. The molecule has 0 aliphatic heterocycles. The number of rotatable bonds is 10. The van der Waals surface area contributed by atoms with Gasteiger partial charge in [0.15, 0.2) is 0 Å². The third kappa shape index (κ3) is 6.75. The summed E-state index contributed by atoms with van der Waals surface area (Å²) < 4.78 is 38.3. The summed E-state index contributed by atoms with van der Waals surface area (Å²) in [4.78, 5) is 12.1. The maximum absolute atomic E-state index is 13.6. The number of carbonyl (C=O) groups is 1. The molecule has 1 N–H and O–H groups in total. The lowest BCUT2D eigenvalue weighted by Crippen LogP contribution is -2.24. The molecule has 0 saturated heterocycles. The van der Waals surface area contributed by atoms with Gasteiger partial charge in [-0.3, -0.25) is 4.79 Å². The van der Waals surface area contributed by atoms with Crippen LogP contribution in [0.2, 0.25) is 0 Å². The van der Waals surface area contributed by atoms with Gasteiger partial charge < -0.3 is 14.8 Å². The van der Waals surface area contributed by atoms with Gasteiger partial charge in [0.05, 0.1) is 18.5 Å². The molecule has 4 nitrogen and oxygen atoms in total. The highest BCUT2D eigenvalue weighted by atomic mass is 32.2. The molecule has 0 heterocycles. The second kappa shape index (κ2) is 10.8. The Morgan fingerprint density at radius 1 is 1.04 bits per heavy atom. The van der Waals surface area contributed by atoms with Gasteiger partial charge in [0.25, 0.3) is 0 Å². The molecule has 0 aliphatic carbocycles. The molecule has 0 saturated carbocycles. The number of benzene rings is 2. The summed E-state index contributed by atoms with van der Waals surface area (Å²) in [6.07, 6.45) is 0.949. The number of amides is 1. The van der Waals surface area contributed by atoms with Crippen LogP contribution in [0.3, 0.4) is 0 Å². The number of carbonyl (C=O) groups excluding carboxylic acids is 1. The van der Waals surface area contributed by atoms with Crippen molar-refractivity contribution < 1.29 is 23.0 Å². The predicted octanol–water partition coefficient (Wildman–Crippen LogP) is 4.89. The molecule has 146 valence electrons. The minimum Gasteiger partial charge on any atom is -0.494 e. The highest BCUT2D eigenvalue weighted by Gasteiger charge is 2.17. The first-order valence-corrected chi connectivity index (χ1v) is 9.78. The Morgan fingerprint density at radius 2 is 1.59 bits per heavy atom.